The molecular weight excluding hydrogens is 533 g/mol. The number of hydrogen-bond donors (Lipinski definition) is 0. The molecule has 0 spiro atoms. The summed E-state index contributed by atoms with van der Waals surface area (Å²) < 4.78 is 16.5. The molecule has 2 aromatic carbocycles. The second kappa shape index (κ2) is 11.4. The molecule has 0 saturated heterocycles. The zero-order valence-electron chi connectivity index (χ0n) is 22.0. The minimum Gasteiger partial charge on any atom is -0.497 e. The highest BCUT2D eigenvalue weighted by Crippen LogP contribution is 2.38. The second-order valence-electron chi connectivity index (χ2n) is 10.1. The molecule has 0 N–H and O–H groups in total. The van der Waals surface area contributed by atoms with Gasteiger partial charge in [-0.15, -0.1) is 11.3 Å². The zero-order chi connectivity index (χ0) is 27.5. The Balaban J connectivity index is 1.70. The van der Waals surface area contributed by atoms with E-state index in [0.717, 1.165) is 16.3 Å². The normalized spacial score (nSPS) is 11.8. The Labute approximate surface area is 231 Å². The fourth-order valence-corrected chi connectivity index (χ4v) is 4.95. The lowest BCUT2D eigenvalue weighted by atomic mass is 10.1. The van der Waals surface area contributed by atoms with E-state index in [1.807, 2.05) is 31.2 Å². The molecule has 0 aliphatic rings. The maximum atomic E-state index is 13.0. The number of nitrogens with zero attached hydrogens (tertiary/aromatic N) is 1. The predicted octanol–water partition coefficient (Wildman–Crippen LogP) is 7.75. The van der Waals surface area contributed by atoms with E-state index in [1.165, 1.54) is 11.3 Å². The van der Waals surface area contributed by atoms with Gasteiger partial charge in [0.2, 0.25) is 0 Å². The van der Waals surface area contributed by atoms with Gasteiger partial charge in [0.25, 0.3) is 0 Å². The van der Waals surface area contributed by atoms with E-state index in [9.17, 15) is 9.59 Å². The lowest BCUT2D eigenvalue weighted by Gasteiger charge is -2.29. The number of hydrogen-bond acceptors (Lipinski definition) is 7. The number of rotatable bonds is 9. The van der Waals surface area contributed by atoms with Crippen LogP contribution in [0.1, 0.15) is 62.0 Å². The molecule has 198 valence electrons. The molecule has 1 heterocycles. The van der Waals surface area contributed by atoms with Crippen LogP contribution in [-0.2, 0) is 16.0 Å². The van der Waals surface area contributed by atoms with Gasteiger partial charge < -0.3 is 14.2 Å². The molecule has 0 fully saturated rings. The minimum atomic E-state index is -1.27. The Morgan fingerprint density at radius 1 is 0.973 bits per heavy atom. The summed E-state index contributed by atoms with van der Waals surface area (Å²) in [4.78, 5) is 30.8. The van der Waals surface area contributed by atoms with Gasteiger partial charge >= 0.3 is 5.97 Å². The number of aromatic nitrogens is 1. The maximum Gasteiger partial charge on any atom is 0.350 e. The summed E-state index contributed by atoms with van der Waals surface area (Å²) in [6, 6.07) is 11.0. The summed E-state index contributed by atoms with van der Waals surface area (Å²) in [7, 11) is 1.62. The summed E-state index contributed by atoms with van der Waals surface area (Å²) in [6.45, 7) is 10.4. The number of ketones is 1. The van der Waals surface area contributed by atoms with Crippen molar-refractivity contribution in [1.29, 1.82) is 0 Å². The first-order valence-corrected chi connectivity index (χ1v) is 13.3. The number of benzene rings is 2. The summed E-state index contributed by atoms with van der Waals surface area (Å²) in [6.07, 6.45) is 0.632. The lowest BCUT2D eigenvalue weighted by molar-refractivity contribution is -0.170. The molecule has 0 atom stereocenters. The number of halogens is 2. The van der Waals surface area contributed by atoms with Gasteiger partial charge in [0.15, 0.2) is 11.4 Å². The Kier molecular flexibility index (Phi) is 8.93. The molecule has 0 radical (unpaired) electrons. The van der Waals surface area contributed by atoms with Crippen LogP contribution in [-0.4, -0.2) is 35.0 Å². The molecule has 0 unspecified atom stereocenters. The number of carbonyl (C=O) groups is 2. The van der Waals surface area contributed by atoms with Gasteiger partial charge in [0, 0.05) is 12.0 Å². The van der Waals surface area contributed by atoms with Crippen molar-refractivity contribution in [2.24, 2.45) is 0 Å². The van der Waals surface area contributed by atoms with Gasteiger partial charge in [0.05, 0.1) is 22.7 Å². The Morgan fingerprint density at radius 3 is 2.22 bits per heavy atom. The molecule has 0 saturated carbocycles. The molecule has 37 heavy (non-hydrogen) atoms. The molecule has 3 aromatic rings. The third-order valence-electron chi connectivity index (χ3n) is 5.39. The van der Waals surface area contributed by atoms with Crippen molar-refractivity contribution >= 4 is 46.3 Å². The Morgan fingerprint density at radius 2 is 1.62 bits per heavy atom. The highest BCUT2D eigenvalue weighted by Gasteiger charge is 2.35. The lowest BCUT2D eigenvalue weighted by Crippen LogP contribution is -2.43. The van der Waals surface area contributed by atoms with Crippen LogP contribution in [0.3, 0.4) is 0 Å². The van der Waals surface area contributed by atoms with Crippen LogP contribution in [0.5, 0.6) is 11.5 Å². The number of carbonyl (C=O) groups excluding carboxylic acids is 2. The first-order valence-electron chi connectivity index (χ1n) is 11.8. The van der Waals surface area contributed by atoms with Crippen LogP contribution >= 0.6 is 34.5 Å². The van der Waals surface area contributed by atoms with Crippen molar-refractivity contribution < 1.29 is 23.8 Å². The molecule has 9 heteroatoms. The van der Waals surface area contributed by atoms with E-state index in [-0.39, 0.29) is 28.0 Å². The topological polar surface area (TPSA) is 74.7 Å². The first-order chi connectivity index (χ1) is 17.2. The highest BCUT2D eigenvalue weighted by atomic mass is 35.5. The van der Waals surface area contributed by atoms with E-state index >= 15 is 0 Å². The number of ether oxygens (including phenoxy) is 3. The Bertz CT molecular complexity index is 1290. The summed E-state index contributed by atoms with van der Waals surface area (Å²) in [5.74, 6) is 0.484. The number of aryl methyl sites for hydroxylation is 2. The maximum absolute atomic E-state index is 13.0. The minimum absolute atomic E-state index is 0.0201. The number of methoxy groups -OCH3 is 1. The van der Waals surface area contributed by atoms with E-state index in [0.29, 0.717) is 22.6 Å². The van der Waals surface area contributed by atoms with Crippen LogP contribution in [0.4, 0.5) is 0 Å². The van der Waals surface area contributed by atoms with Crippen LogP contribution in [0, 0.1) is 6.92 Å². The SMILES string of the molecule is COc1ccc(-c2nc(C)c(C(=O)CCc3ccc(OC(C)(C)C(=O)OC(C)(C)C)c(Cl)c3Cl)s2)cc1. The quantitative estimate of drug-likeness (QED) is 0.195. The van der Waals surface area contributed by atoms with Gasteiger partial charge in [-0.3, -0.25) is 4.79 Å². The van der Waals surface area contributed by atoms with Crippen LogP contribution in [0.2, 0.25) is 10.0 Å². The average molecular weight is 565 g/mol. The van der Waals surface area contributed by atoms with Crippen molar-refractivity contribution in [3.8, 4) is 22.1 Å². The number of Topliss-reactive ketones (excluding diaryl/α,β-unsaturated/α-hetero) is 1. The molecule has 0 aliphatic heterocycles. The van der Waals surface area contributed by atoms with Crippen molar-refractivity contribution in [3.63, 3.8) is 0 Å². The van der Waals surface area contributed by atoms with Gasteiger partial charge in [-0.25, -0.2) is 9.78 Å². The molecule has 3 rings (SSSR count). The van der Waals surface area contributed by atoms with Gasteiger partial charge in [-0.05, 0) is 83.9 Å². The summed E-state index contributed by atoms with van der Waals surface area (Å²) in [5.41, 5.74) is 0.399. The predicted molar refractivity (Wildman–Crippen MR) is 149 cm³/mol. The van der Waals surface area contributed by atoms with Crippen molar-refractivity contribution in [3.05, 3.63) is 62.6 Å². The summed E-state index contributed by atoms with van der Waals surface area (Å²) in [5, 5.41) is 1.24. The van der Waals surface area contributed by atoms with Crippen molar-refractivity contribution in [1.82, 2.24) is 4.98 Å². The number of thiazole rings is 1. The van der Waals surface area contributed by atoms with Crippen molar-refractivity contribution in [2.45, 2.75) is 65.6 Å². The fraction of sp³-hybridized carbons (Fsp3) is 0.393. The average Bonchev–Trinajstić information content (AvgIpc) is 3.22. The van der Waals surface area contributed by atoms with E-state index < -0.39 is 17.2 Å². The fourth-order valence-electron chi connectivity index (χ4n) is 3.44. The molecule has 0 bridgehead atoms. The van der Waals surface area contributed by atoms with Gasteiger partial charge in [-0.1, -0.05) is 29.3 Å². The smallest absolute Gasteiger partial charge is 0.350 e. The third-order valence-corrected chi connectivity index (χ3v) is 7.54. The van der Waals surface area contributed by atoms with E-state index in [1.54, 1.807) is 53.9 Å². The summed E-state index contributed by atoms with van der Waals surface area (Å²) >= 11 is 14.4. The third kappa shape index (κ3) is 7.24. The van der Waals surface area contributed by atoms with Gasteiger partial charge in [-0.2, -0.15) is 0 Å². The van der Waals surface area contributed by atoms with Gasteiger partial charge in [0.1, 0.15) is 27.1 Å². The zero-order valence-corrected chi connectivity index (χ0v) is 24.4. The van der Waals surface area contributed by atoms with Crippen LogP contribution in [0.25, 0.3) is 10.6 Å². The molecule has 1 aromatic heterocycles. The number of esters is 1. The highest BCUT2D eigenvalue weighted by molar-refractivity contribution is 7.17. The molecule has 6 nitrogen and oxygen atoms in total. The largest absolute Gasteiger partial charge is 0.497 e. The molecular formula is C28H31Cl2NO5S. The van der Waals surface area contributed by atoms with E-state index in [2.05, 4.69) is 4.98 Å². The monoisotopic (exact) mass is 563 g/mol. The van der Waals surface area contributed by atoms with Crippen LogP contribution < -0.4 is 9.47 Å². The van der Waals surface area contributed by atoms with Crippen molar-refractivity contribution in [2.75, 3.05) is 7.11 Å². The van der Waals surface area contributed by atoms with Crippen LogP contribution in [0.15, 0.2) is 36.4 Å². The molecule has 0 aliphatic carbocycles. The molecule has 0 amide bonds. The second-order valence-corrected chi connectivity index (χ2v) is 11.8. The standard InChI is InChI=1S/C28H31Cl2NO5S/c1-16-24(37-25(31-16)18-8-12-19(34-7)13-9-18)20(32)14-10-17-11-15-21(23(30)22(17)29)35-28(5,6)26(33)36-27(2,3)4/h8-9,11-13,15H,10,14H2,1-7H3. The Hall–Kier alpha value is -2.61. The van der Waals surface area contributed by atoms with E-state index in [4.69, 9.17) is 37.4 Å². The first kappa shape index (κ1) is 29.0.